The smallest absolute Gasteiger partial charge is 0.238 e. The van der Waals surface area contributed by atoms with E-state index in [1.165, 1.54) is 27.2 Å². The van der Waals surface area contributed by atoms with Crippen LogP contribution in [0.15, 0.2) is 188 Å². The van der Waals surface area contributed by atoms with E-state index in [4.69, 9.17) is 15.0 Å². The molecule has 0 spiro atoms. The summed E-state index contributed by atoms with van der Waals surface area (Å²) >= 11 is 0. The van der Waals surface area contributed by atoms with Crippen molar-refractivity contribution in [2.45, 2.75) is 0 Å². The third kappa shape index (κ3) is 4.69. The normalized spacial score (nSPS) is 11.7. The number of nitrogens with zero attached hydrogens (tertiary/aromatic N) is 5. The summed E-state index contributed by atoms with van der Waals surface area (Å²) in [6.45, 7) is 0. The van der Waals surface area contributed by atoms with Crippen LogP contribution in [0, 0.1) is 0 Å². The minimum atomic E-state index is 0.577. The Balaban J connectivity index is 1.25. The number of para-hydroxylation sites is 2. The van der Waals surface area contributed by atoms with E-state index in [0.29, 0.717) is 17.6 Å². The first-order valence-electron chi connectivity index (χ1n) is 18.2. The van der Waals surface area contributed by atoms with Gasteiger partial charge < -0.3 is 4.57 Å². The van der Waals surface area contributed by atoms with Gasteiger partial charge in [-0.3, -0.25) is 4.57 Å². The fourth-order valence-electron chi connectivity index (χ4n) is 8.14. The SMILES string of the molecule is c1ccc(-c2ccc(-c3nc(-c4ccccc4)nc(-n4c5ccc6c(c7ccccc7n6-c6ccccc6)c5c5ccc6ccccc6c54)n3)cc2)cc1. The lowest BCUT2D eigenvalue weighted by atomic mass is 10.0. The first kappa shape index (κ1) is 30.3. The monoisotopic (exact) mass is 689 g/mol. The van der Waals surface area contributed by atoms with Gasteiger partial charge in [0.1, 0.15) is 0 Å². The number of rotatable bonds is 5. The first-order chi connectivity index (χ1) is 26.8. The zero-order chi connectivity index (χ0) is 35.6. The molecule has 5 heteroatoms. The second-order valence-corrected chi connectivity index (χ2v) is 13.7. The van der Waals surface area contributed by atoms with Crippen LogP contribution in [-0.2, 0) is 0 Å². The largest absolute Gasteiger partial charge is 0.309 e. The highest BCUT2D eigenvalue weighted by molar-refractivity contribution is 6.31. The van der Waals surface area contributed by atoms with Gasteiger partial charge in [-0.05, 0) is 46.8 Å². The van der Waals surface area contributed by atoms with Crippen molar-refractivity contribution in [1.29, 1.82) is 0 Å². The average Bonchev–Trinajstić information content (AvgIpc) is 3.78. The molecule has 3 aromatic heterocycles. The summed E-state index contributed by atoms with van der Waals surface area (Å²) < 4.78 is 4.64. The van der Waals surface area contributed by atoms with Crippen LogP contribution in [0.2, 0.25) is 0 Å². The average molecular weight is 690 g/mol. The highest BCUT2D eigenvalue weighted by Crippen LogP contribution is 2.44. The van der Waals surface area contributed by atoms with E-state index in [1.807, 2.05) is 24.3 Å². The molecule has 0 N–H and O–H groups in total. The van der Waals surface area contributed by atoms with E-state index >= 15 is 0 Å². The van der Waals surface area contributed by atoms with E-state index in [9.17, 15) is 0 Å². The zero-order valence-corrected chi connectivity index (χ0v) is 29.1. The maximum atomic E-state index is 5.31. The van der Waals surface area contributed by atoms with Gasteiger partial charge in [0, 0.05) is 43.7 Å². The molecule has 3 heterocycles. The maximum absolute atomic E-state index is 5.31. The topological polar surface area (TPSA) is 48.5 Å². The Hall–Kier alpha value is -7.37. The predicted molar refractivity (Wildman–Crippen MR) is 222 cm³/mol. The molecule has 11 rings (SSSR count). The fraction of sp³-hybridized carbons (Fsp3) is 0. The molecule has 0 bridgehead atoms. The molecule has 252 valence electrons. The number of hydrogen-bond donors (Lipinski definition) is 0. The molecule has 0 saturated carbocycles. The summed E-state index contributed by atoms with van der Waals surface area (Å²) in [5, 5.41) is 7.04. The van der Waals surface area contributed by atoms with Gasteiger partial charge in [0.25, 0.3) is 0 Å². The van der Waals surface area contributed by atoms with E-state index in [-0.39, 0.29) is 0 Å². The van der Waals surface area contributed by atoms with Crippen molar-refractivity contribution in [1.82, 2.24) is 24.1 Å². The van der Waals surface area contributed by atoms with Gasteiger partial charge in [0.15, 0.2) is 11.6 Å². The maximum Gasteiger partial charge on any atom is 0.238 e. The van der Waals surface area contributed by atoms with Gasteiger partial charge in [0.05, 0.1) is 22.1 Å². The van der Waals surface area contributed by atoms with Gasteiger partial charge in [-0.15, -0.1) is 0 Å². The predicted octanol–water partition coefficient (Wildman–Crippen LogP) is 12.2. The van der Waals surface area contributed by atoms with Gasteiger partial charge >= 0.3 is 0 Å². The minimum absolute atomic E-state index is 0.577. The van der Waals surface area contributed by atoms with Gasteiger partial charge in [-0.2, -0.15) is 9.97 Å². The summed E-state index contributed by atoms with van der Waals surface area (Å²) in [5.41, 5.74) is 9.74. The van der Waals surface area contributed by atoms with Gasteiger partial charge in [0.2, 0.25) is 5.95 Å². The Morgan fingerprint density at radius 1 is 0.315 bits per heavy atom. The van der Waals surface area contributed by atoms with Crippen molar-refractivity contribution in [3.8, 4) is 45.5 Å². The highest BCUT2D eigenvalue weighted by Gasteiger charge is 2.24. The molecule has 0 unspecified atom stereocenters. The van der Waals surface area contributed by atoms with Gasteiger partial charge in [-0.25, -0.2) is 4.98 Å². The standard InChI is InChI=1S/C49H31N5/c1-4-14-32(15-5-1)33-24-26-36(27-25-33)48-50-47(35-17-6-2-7-18-35)51-49(52-48)54-43-31-30-42-44(45(43)40-29-28-34-16-10-11-21-38(34)46(40)54)39-22-12-13-23-41(39)53(42)37-19-8-3-9-20-37/h1-31H. The van der Waals surface area contributed by atoms with Crippen LogP contribution in [0.4, 0.5) is 0 Å². The third-order valence-corrected chi connectivity index (χ3v) is 10.6. The molecule has 8 aromatic carbocycles. The zero-order valence-electron chi connectivity index (χ0n) is 29.1. The molecular formula is C49H31N5. The van der Waals surface area contributed by atoms with Crippen LogP contribution >= 0.6 is 0 Å². The van der Waals surface area contributed by atoms with E-state index < -0.39 is 0 Å². The van der Waals surface area contributed by atoms with Crippen molar-refractivity contribution in [2.24, 2.45) is 0 Å². The summed E-state index contributed by atoms with van der Waals surface area (Å²) in [6.07, 6.45) is 0. The summed E-state index contributed by atoms with van der Waals surface area (Å²) in [6, 6.07) is 66.1. The molecule has 5 nitrogen and oxygen atoms in total. The summed E-state index contributed by atoms with van der Waals surface area (Å²) in [7, 11) is 0. The first-order valence-corrected chi connectivity index (χ1v) is 18.2. The van der Waals surface area contributed by atoms with Crippen LogP contribution in [-0.4, -0.2) is 24.1 Å². The molecule has 0 fully saturated rings. The lowest BCUT2D eigenvalue weighted by Gasteiger charge is -2.12. The number of fused-ring (bicyclic) bond motifs is 9. The summed E-state index contributed by atoms with van der Waals surface area (Å²) in [4.78, 5) is 15.7. The molecule has 0 aliphatic carbocycles. The van der Waals surface area contributed by atoms with Crippen molar-refractivity contribution in [2.75, 3.05) is 0 Å². The number of benzene rings is 8. The lowest BCUT2D eigenvalue weighted by molar-refractivity contribution is 0.955. The number of aromatic nitrogens is 5. The van der Waals surface area contributed by atoms with Crippen molar-refractivity contribution in [3.05, 3.63) is 188 Å². The van der Waals surface area contributed by atoms with Crippen LogP contribution in [0.1, 0.15) is 0 Å². The van der Waals surface area contributed by atoms with Crippen molar-refractivity contribution < 1.29 is 0 Å². The molecule has 0 aliphatic rings. The molecular weight excluding hydrogens is 659 g/mol. The van der Waals surface area contributed by atoms with Gasteiger partial charge in [-0.1, -0.05) is 158 Å². The second kappa shape index (κ2) is 12.1. The minimum Gasteiger partial charge on any atom is -0.309 e. The fourth-order valence-corrected chi connectivity index (χ4v) is 8.14. The van der Waals surface area contributed by atoms with Crippen LogP contribution in [0.5, 0.6) is 0 Å². The van der Waals surface area contributed by atoms with E-state index in [2.05, 4.69) is 173 Å². The van der Waals surface area contributed by atoms with Crippen LogP contribution < -0.4 is 0 Å². The molecule has 11 aromatic rings. The molecule has 0 saturated heterocycles. The second-order valence-electron chi connectivity index (χ2n) is 13.7. The Labute approximate surface area is 311 Å². The van der Waals surface area contributed by atoms with E-state index in [1.54, 1.807) is 0 Å². The highest BCUT2D eigenvalue weighted by atomic mass is 15.2. The Morgan fingerprint density at radius 2 is 0.833 bits per heavy atom. The lowest BCUT2D eigenvalue weighted by Crippen LogP contribution is -2.06. The van der Waals surface area contributed by atoms with Crippen LogP contribution in [0.3, 0.4) is 0 Å². The van der Waals surface area contributed by atoms with Crippen LogP contribution in [0.25, 0.3) is 99.9 Å². The number of hydrogen-bond acceptors (Lipinski definition) is 3. The third-order valence-electron chi connectivity index (χ3n) is 10.6. The molecule has 0 atom stereocenters. The summed E-state index contributed by atoms with van der Waals surface area (Å²) in [5.74, 6) is 1.82. The van der Waals surface area contributed by atoms with Crippen molar-refractivity contribution in [3.63, 3.8) is 0 Å². The Bertz CT molecular complexity index is 3180. The Kier molecular flexibility index (Phi) is 6.79. The molecule has 54 heavy (non-hydrogen) atoms. The quantitative estimate of drug-likeness (QED) is 0.181. The molecule has 0 amide bonds. The Morgan fingerprint density at radius 3 is 1.56 bits per heavy atom. The molecule has 0 radical (unpaired) electrons. The molecule has 0 aliphatic heterocycles. The van der Waals surface area contributed by atoms with E-state index in [0.717, 1.165) is 55.1 Å². The van der Waals surface area contributed by atoms with Crippen molar-refractivity contribution >= 4 is 54.4 Å².